The Morgan fingerprint density at radius 2 is 1.70 bits per heavy atom. The Kier molecular flexibility index (Phi) is 5.05. The number of nitrogens with one attached hydrogen (secondary N) is 1. The van der Waals surface area contributed by atoms with E-state index in [1.54, 1.807) is 0 Å². The molecule has 0 aromatic heterocycles. The Morgan fingerprint density at radius 3 is 2.30 bits per heavy atom. The van der Waals surface area contributed by atoms with Crippen molar-refractivity contribution in [1.82, 2.24) is 4.90 Å². The fourth-order valence-electron chi connectivity index (χ4n) is 2.83. The normalized spacial score (nSPS) is 19.3. The van der Waals surface area contributed by atoms with E-state index in [0.29, 0.717) is 5.69 Å². The van der Waals surface area contributed by atoms with Crippen molar-refractivity contribution in [3.8, 4) is 0 Å². The maximum absolute atomic E-state index is 11.5. The second kappa shape index (κ2) is 6.59. The Hall–Kier alpha value is -1.07. The number of anilines is 1. The molecule has 2 rings (SSSR count). The number of hydrogen-bond acceptors (Lipinski definition) is 3. The number of sulfonamides is 1. The van der Waals surface area contributed by atoms with Crippen LogP contribution in [-0.2, 0) is 10.0 Å². The zero-order valence-electron chi connectivity index (χ0n) is 12.3. The topological polar surface area (TPSA) is 49.4 Å². The summed E-state index contributed by atoms with van der Waals surface area (Å²) in [4.78, 5) is 2.45. The van der Waals surface area contributed by atoms with Gasteiger partial charge in [-0.05, 0) is 44.5 Å². The minimum atomic E-state index is -3.24. The standard InChI is InChI=1S/C15H24N2O2S/c1-13(17-11-7-3-4-8-12-17)14-9-5-6-10-15(14)16-20(2,18)19/h5-6,9-10,13,16H,3-4,7-8,11-12H2,1-2H3. The van der Waals surface area contributed by atoms with Gasteiger partial charge in [-0.15, -0.1) is 0 Å². The number of nitrogens with zero attached hydrogens (tertiary/aromatic N) is 1. The van der Waals surface area contributed by atoms with Gasteiger partial charge in [0.15, 0.2) is 0 Å². The Labute approximate surface area is 122 Å². The molecule has 5 heteroatoms. The Balaban J connectivity index is 2.22. The maximum atomic E-state index is 11.5. The highest BCUT2D eigenvalue weighted by molar-refractivity contribution is 7.92. The summed E-state index contributed by atoms with van der Waals surface area (Å²) in [7, 11) is -3.24. The first-order valence-corrected chi connectivity index (χ1v) is 9.17. The molecule has 1 heterocycles. The molecular formula is C15H24N2O2S. The molecule has 0 radical (unpaired) electrons. The van der Waals surface area contributed by atoms with Crippen LogP contribution in [0.15, 0.2) is 24.3 Å². The van der Waals surface area contributed by atoms with Gasteiger partial charge in [0, 0.05) is 6.04 Å². The molecule has 1 aromatic carbocycles. The minimum absolute atomic E-state index is 0.235. The molecular weight excluding hydrogens is 272 g/mol. The third kappa shape index (κ3) is 4.21. The maximum Gasteiger partial charge on any atom is 0.229 e. The van der Waals surface area contributed by atoms with Gasteiger partial charge >= 0.3 is 0 Å². The second-order valence-electron chi connectivity index (χ2n) is 5.59. The third-order valence-electron chi connectivity index (χ3n) is 3.89. The van der Waals surface area contributed by atoms with E-state index < -0.39 is 10.0 Å². The van der Waals surface area contributed by atoms with Gasteiger partial charge in [-0.25, -0.2) is 8.42 Å². The van der Waals surface area contributed by atoms with Crippen molar-refractivity contribution in [3.63, 3.8) is 0 Å². The van der Waals surface area contributed by atoms with E-state index in [1.807, 2.05) is 24.3 Å². The largest absolute Gasteiger partial charge is 0.297 e. The summed E-state index contributed by atoms with van der Waals surface area (Å²) in [5, 5.41) is 0. The lowest BCUT2D eigenvalue weighted by Crippen LogP contribution is -2.28. The molecule has 112 valence electrons. The first kappa shape index (κ1) is 15.3. The van der Waals surface area contributed by atoms with Crippen LogP contribution in [0.25, 0.3) is 0 Å². The highest BCUT2D eigenvalue weighted by Gasteiger charge is 2.20. The monoisotopic (exact) mass is 296 g/mol. The fourth-order valence-corrected chi connectivity index (χ4v) is 3.42. The summed E-state index contributed by atoms with van der Waals surface area (Å²) < 4.78 is 25.6. The van der Waals surface area contributed by atoms with Gasteiger partial charge in [-0.1, -0.05) is 31.0 Å². The van der Waals surface area contributed by atoms with Gasteiger partial charge in [0.05, 0.1) is 11.9 Å². The molecule has 0 aliphatic carbocycles. The van der Waals surface area contributed by atoms with Gasteiger partial charge in [0.2, 0.25) is 10.0 Å². The average molecular weight is 296 g/mol. The van der Waals surface area contributed by atoms with E-state index >= 15 is 0 Å². The van der Waals surface area contributed by atoms with Crippen LogP contribution in [0.5, 0.6) is 0 Å². The predicted octanol–water partition coefficient (Wildman–Crippen LogP) is 3.00. The molecule has 0 amide bonds. The molecule has 1 fully saturated rings. The summed E-state index contributed by atoms with van der Waals surface area (Å²) in [5.74, 6) is 0. The van der Waals surface area contributed by atoms with Crippen LogP contribution in [-0.4, -0.2) is 32.7 Å². The van der Waals surface area contributed by atoms with Gasteiger partial charge in [-0.2, -0.15) is 0 Å². The lowest BCUT2D eigenvalue weighted by atomic mass is 10.0. The van der Waals surface area contributed by atoms with Crippen molar-refractivity contribution in [2.75, 3.05) is 24.1 Å². The molecule has 0 spiro atoms. The molecule has 20 heavy (non-hydrogen) atoms. The van der Waals surface area contributed by atoms with Crippen LogP contribution in [0.3, 0.4) is 0 Å². The van der Waals surface area contributed by atoms with Crippen LogP contribution >= 0.6 is 0 Å². The zero-order valence-corrected chi connectivity index (χ0v) is 13.1. The third-order valence-corrected chi connectivity index (χ3v) is 4.49. The Morgan fingerprint density at radius 1 is 1.10 bits per heavy atom. The summed E-state index contributed by atoms with van der Waals surface area (Å²) in [6, 6.07) is 7.93. The number of benzene rings is 1. The van der Waals surface area contributed by atoms with Crippen molar-refractivity contribution in [1.29, 1.82) is 0 Å². The molecule has 1 unspecified atom stereocenters. The summed E-state index contributed by atoms with van der Waals surface area (Å²) in [5.41, 5.74) is 1.76. The lowest BCUT2D eigenvalue weighted by molar-refractivity contribution is 0.220. The molecule has 0 saturated carbocycles. The van der Waals surface area contributed by atoms with E-state index in [2.05, 4.69) is 16.5 Å². The zero-order chi connectivity index (χ0) is 14.6. The number of hydrogen-bond donors (Lipinski definition) is 1. The fraction of sp³-hybridized carbons (Fsp3) is 0.600. The molecule has 1 aliphatic rings. The number of likely N-dealkylation sites (tertiary alicyclic amines) is 1. The van der Waals surface area contributed by atoms with Crippen LogP contribution in [0, 0.1) is 0 Å². The van der Waals surface area contributed by atoms with Crippen molar-refractivity contribution >= 4 is 15.7 Å². The summed E-state index contributed by atoms with van der Waals surface area (Å²) >= 11 is 0. The minimum Gasteiger partial charge on any atom is -0.297 e. The van der Waals surface area contributed by atoms with E-state index in [0.717, 1.165) is 18.7 Å². The van der Waals surface area contributed by atoms with Crippen molar-refractivity contribution < 1.29 is 8.42 Å². The highest BCUT2D eigenvalue weighted by atomic mass is 32.2. The Bertz CT molecular complexity index is 535. The van der Waals surface area contributed by atoms with Crippen molar-refractivity contribution in [2.45, 2.75) is 38.6 Å². The number of rotatable bonds is 4. The number of para-hydroxylation sites is 1. The molecule has 1 aliphatic heterocycles. The van der Waals surface area contributed by atoms with Crippen LogP contribution < -0.4 is 4.72 Å². The van der Waals surface area contributed by atoms with Crippen LogP contribution in [0.4, 0.5) is 5.69 Å². The van der Waals surface area contributed by atoms with Gasteiger partial charge in [0.25, 0.3) is 0 Å². The smallest absolute Gasteiger partial charge is 0.229 e. The SMILES string of the molecule is CC(c1ccccc1NS(C)(=O)=O)N1CCCCCC1. The van der Waals surface area contributed by atoms with E-state index in [9.17, 15) is 8.42 Å². The van der Waals surface area contributed by atoms with Crippen molar-refractivity contribution in [2.24, 2.45) is 0 Å². The first-order valence-electron chi connectivity index (χ1n) is 7.28. The quantitative estimate of drug-likeness (QED) is 0.929. The highest BCUT2D eigenvalue weighted by Crippen LogP contribution is 2.29. The molecule has 1 N–H and O–H groups in total. The first-order chi connectivity index (χ1) is 9.47. The predicted molar refractivity (Wildman–Crippen MR) is 83.4 cm³/mol. The van der Waals surface area contributed by atoms with E-state index in [4.69, 9.17) is 0 Å². The van der Waals surface area contributed by atoms with Gasteiger partial charge in [0.1, 0.15) is 0 Å². The molecule has 0 bridgehead atoms. The average Bonchev–Trinajstić information content (AvgIpc) is 2.65. The molecule has 1 atom stereocenters. The molecule has 1 saturated heterocycles. The molecule has 4 nitrogen and oxygen atoms in total. The second-order valence-corrected chi connectivity index (χ2v) is 7.34. The van der Waals surface area contributed by atoms with Gasteiger partial charge < -0.3 is 0 Å². The van der Waals surface area contributed by atoms with Crippen molar-refractivity contribution in [3.05, 3.63) is 29.8 Å². The lowest BCUT2D eigenvalue weighted by Gasteiger charge is -2.29. The van der Waals surface area contributed by atoms with Crippen LogP contribution in [0.2, 0.25) is 0 Å². The van der Waals surface area contributed by atoms with E-state index in [1.165, 1.54) is 31.9 Å². The molecule has 1 aromatic rings. The van der Waals surface area contributed by atoms with E-state index in [-0.39, 0.29) is 6.04 Å². The van der Waals surface area contributed by atoms with Gasteiger partial charge in [-0.3, -0.25) is 9.62 Å². The summed E-state index contributed by atoms with van der Waals surface area (Å²) in [6.45, 7) is 4.34. The van der Waals surface area contributed by atoms with Crippen LogP contribution in [0.1, 0.15) is 44.2 Å². The summed E-state index contributed by atoms with van der Waals surface area (Å²) in [6.07, 6.45) is 6.25.